The summed E-state index contributed by atoms with van der Waals surface area (Å²) >= 11 is 0. The molecule has 0 spiro atoms. The molecule has 3 rings (SSSR count). The standard InChI is InChI=1S/C18H21N/c1-3-9-15(10-4-1)17-13-7-8-14-18(17)19-16-11-5-2-6-12-16/h2,5-8,11-15,19H,1,3-4,9-10H2. The van der Waals surface area contributed by atoms with Crippen molar-refractivity contribution in [2.45, 2.75) is 38.0 Å². The van der Waals surface area contributed by atoms with Crippen molar-refractivity contribution >= 4 is 11.4 Å². The molecule has 0 unspecified atom stereocenters. The quantitative estimate of drug-likeness (QED) is 0.761. The Morgan fingerprint density at radius 2 is 1.42 bits per heavy atom. The van der Waals surface area contributed by atoms with E-state index >= 15 is 0 Å². The molecule has 2 aromatic rings. The van der Waals surface area contributed by atoms with Gasteiger partial charge in [-0.15, -0.1) is 0 Å². The van der Waals surface area contributed by atoms with Gasteiger partial charge in [0.25, 0.3) is 0 Å². The van der Waals surface area contributed by atoms with Gasteiger partial charge >= 0.3 is 0 Å². The Balaban J connectivity index is 1.84. The minimum atomic E-state index is 0.737. The Morgan fingerprint density at radius 3 is 2.21 bits per heavy atom. The summed E-state index contributed by atoms with van der Waals surface area (Å²) in [7, 11) is 0. The molecular weight excluding hydrogens is 230 g/mol. The van der Waals surface area contributed by atoms with Gasteiger partial charge in [-0.1, -0.05) is 55.7 Å². The monoisotopic (exact) mass is 251 g/mol. The molecule has 2 aromatic carbocycles. The van der Waals surface area contributed by atoms with Crippen LogP contribution in [0.5, 0.6) is 0 Å². The maximum Gasteiger partial charge on any atom is 0.0419 e. The van der Waals surface area contributed by atoms with E-state index in [0.29, 0.717) is 0 Å². The fraction of sp³-hybridized carbons (Fsp3) is 0.333. The zero-order valence-electron chi connectivity index (χ0n) is 11.3. The molecule has 19 heavy (non-hydrogen) atoms. The summed E-state index contributed by atoms with van der Waals surface area (Å²) in [6, 6.07) is 19.2. The highest BCUT2D eigenvalue weighted by atomic mass is 14.9. The second-order valence-corrected chi connectivity index (χ2v) is 5.41. The Labute approximate surface area is 115 Å². The summed E-state index contributed by atoms with van der Waals surface area (Å²) in [6.45, 7) is 0. The predicted octanol–water partition coefficient (Wildman–Crippen LogP) is 5.48. The molecular formula is C18H21N. The number of benzene rings is 2. The Morgan fingerprint density at radius 1 is 0.737 bits per heavy atom. The summed E-state index contributed by atoms with van der Waals surface area (Å²) in [5, 5.41) is 3.57. The molecule has 0 aliphatic heterocycles. The summed E-state index contributed by atoms with van der Waals surface area (Å²) in [5.41, 5.74) is 3.94. The highest BCUT2D eigenvalue weighted by Crippen LogP contribution is 2.37. The number of hydrogen-bond acceptors (Lipinski definition) is 1. The lowest BCUT2D eigenvalue weighted by Gasteiger charge is -2.24. The van der Waals surface area contributed by atoms with E-state index in [1.54, 1.807) is 0 Å². The normalized spacial score (nSPS) is 16.2. The minimum Gasteiger partial charge on any atom is -0.355 e. The molecule has 0 bridgehead atoms. The first-order valence-electron chi connectivity index (χ1n) is 7.34. The summed E-state index contributed by atoms with van der Waals surface area (Å²) in [4.78, 5) is 0. The van der Waals surface area contributed by atoms with Crippen LogP contribution in [0.25, 0.3) is 0 Å². The maximum atomic E-state index is 3.57. The van der Waals surface area contributed by atoms with Gasteiger partial charge < -0.3 is 5.32 Å². The van der Waals surface area contributed by atoms with E-state index in [0.717, 1.165) is 5.92 Å². The van der Waals surface area contributed by atoms with Gasteiger partial charge in [0.15, 0.2) is 0 Å². The van der Waals surface area contributed by atoms with Gasteiger partial charge in [-0.2, -0.15) is 0 Å². The van der Waals surface area contributed by atoms with Gasteiger partial charge in [-0.05, 0) is 42.5 Å². The third-order valence-corrected chi connectivity index (χ3v) is 4.06. The SMILES string of the molecule is c1ccc(Nc2ccccc2C2CCCCC2)cc1. The van der Waals surface area contributed by atoms with Gasteiger partial charge in [-0.3, -0.25) is 0 Å². The number of nitrogens with one attached hydrogen (secondary N) is 1. The molecule has 0 radical (unpaired) electrons. The number of anilines is 2. The van der Waals surface area contributed by atoms with Crippen molar-refractivity contribution in [1.82, 2.24) is 0 Å². The van der Waals surface area contributed by atoms with E-state index in [2.05, 4.69) is 59.9 Å². The smallest absolute Gasteiger partial charge is 0.0419 e. The fourth-order valence-corrected chi connectivity index (χ4v) is 3.06. The van der Waals surface area contributed by atoms with Gasteiger partial charge in [-0.25, -0.2) is 0 Å². The maximum absolute atomic E-state index is 3.57. The first-order chi connectivity index (χ1) is 9.43. The van der Waals surface area contributed by atoms with Crippen molar-refractivity contribution in [3.63, 3.8) is 0 Å². The van der Waals surface area contributed by atoms with Crippen LogP contribution in [0.3, 0.4) is 0 Å². The lowest BCUT2D eigenvalue weighted by Crippen LogP contribution is -2.07. The van der Waals surface area contributed by atoms with Crippen LogP contribution in [-0.2, 0) is 0 Å². The van der Waals surface area contributed by atoms with Crippen molar-refractivity contribution in [3.05, 3.63) is 60.2 Å². The Kier molecular flexibility index (Phi) is 3.83. The van der Waals surface area contributed by atoms with Gasteiger partial charge in [0.2, 0.25) is 0 Å². The van der Waals surface area contributed by atoms with Crippen LogP contribution in [0, 0.1) is 0 Å². The number of rotatable bonds is 3. The molecule has 1 aliphatic rings. The summed E-state index contributed by atoms with van der Waals surface area (Å²) in [5.74, 6) is 0.737. The van der Waals surface area contributed by atoms with E-state index in [1.165, 1.54) is 49.0 Å². The van der Waals surface area contributed by atoms with Crippen LogP contribution >= 0.6 is 0 Å². The molecule has 1 aliphatic carbocycles. The average Bonchev–Trinajstić information content (AvgIpc) is 2.50. The molecule has 1 heteroatoms. The zero-order valence-corrected chi connectivity index (χ0v) is 11.3. The molecule has 1 nitrogen and oxygen atoms in total. The number of para-hydroxylation sites is 2. The van der Waals surface area contributed by atoms with Crippen LogP contribution in [0.2, 0.25) is 0 Å². The molecule has 0 amide bonds. The summed E-state index contributed by atoms with van der Waals surface area (Å²) < 4.78 is 0. The van der Waals surface area contributed by atoms with E-state index in [-0.39, 0.29) is 0 Å². The minimum absolute atomic E-state index is 0.737. The van der Waals surface area contributed by atoms with Crippen molar-refractivity contribution < 1.29 is 0 Å². The summed E-state index contributed by atoms with van der Waals surface area (Å²) in [6.07, 6.45) is 6.85. The molecule has 0 saturated heterocycles. The van der Waals surface area contributed by atoms with Crippen molar-refractivity contribution in [2.24, 2.45) is 0 Å². The van der Waals surface area contributed by atoms with Crippen LogP contribution < -0.4 is 5.32 Å². The van der Waals surface area contributed by atoms with Crippen molar-refractivity contribution in [3.8, 4) is 0 Å². The highest BCUT2D eigenvalue weighted by Gasteiger charge is 2.18. The topological polar surface area (TPSA) is 12.0 Å². The molecule has 0 atom stereocenters. The van der Waals surface area contributed by atoms with Crippen LogP contribution in [0.15, 0.2) is 54.6 Å². The second-order valence-electron chi connectivity index (χ2n) is 5.41. The van der Waals surface area contributed by atoms with Crippen molar-refractivity contribution in [2.75, 3.05) is 5.32 Å². The zero-order chi connectivity index (χ0) is 12.9. The third-order valence-electron chi connectivity index (χ3n) is 4.06. The molecule has 1 fully saturated rings. The molecule has 1 N–H and O–H groups in total. The van der Waals surface area contributed by atoms with E-state index in [4.69, 9.17) is 0 Å². The first kappa shape index (κ1) is 12.3. The van der Waals surface area contributed by atoms with E-state index < -0.39 is 0 Å². The first-order valence-corrected chi connectivity index (χ1v) is 7.34. The van der Waals surface area contributed by atoms with Crippen molar-refractivity contribution in [1.29, 1.82) is 0 Å². The lowest BCUT2D eigenvalue weighted by atomic mass is 9.83. The predicted molar refractivity (Wildman–Crippen MR) is 82.0 cm³/mol. The highest BCUT2D eigenvalue weighted by molar-refractivity contribution is 5.63. The molecule has 0 aromatic heterocycles. The molecule has 0 heterocycles. The molecule has 1 saturated carbocycles. The van der Waals surface area contributed by atoms with Gasteiger partial charge in [0.05, 0.1) is 0 Å². The van der Waals surface area contributed by atoms with Gasteiger partial charge in [0.1, 0.15) is 0 Å². The second kappa shape index (κ2) is 5.92. The average molecular weight is 251 g/mol. The Hall–Kier alpha value is -1.76. The van der Waals surface area contributed by atoms with Crippen LogP contribution in [0.1, 0.15) is 43.6 Å². The third kappa shape index (κ3) is 2.98. The van der Waals surface area contributed by atoms with Crippen LogP contribution in [0.4, 0.5) is 11.4 Å². The van der Waals surface area contributed by atoms with E-state index in [1.807, 2.05) is 0 Å². The lowest BCUT2D eigenvalue weighted by molar-refractivity contribution is 0.444. The number of hydrogen-bond donors (Lipinski definition) is 1. The molecule has 98 valence electrons. The van der Waals surface area contributed by atoms with E-state index in [9.17, 15) is 0 Å². The van der Waals surface area contributed by atoms with Crippen LogP contribution in [-0.4, -0.2) is 0 Å². The Bertz CT molecular complexity index is 512. The largest absolute Gasteiger partial charge is 0.355 e. The fourth-order valence-electron chi connectivity index (χ4n) is 3.06. The van der Waals surface area contributed by atoms with Gasteiger partial charge in [0, 0.05) is 11.4 Å².